The molecular formula is C23H26BrN3O. The number of carbonyl (C=O) groups is 1. The van der Waals surface area contributed by atoms with Gasteiger partial charge in [-0.3, -0.25) is 4.79 Å². The van der Waals surface area contributed by atoms with E-state index in [9.17, 15) is 4.79 Å². The van der Waals surface area contributed by atoms with Crippen LogP contribution in [0.5, 0.6) is 0 Å². The summed E-state index contributed by atoms with van der Waals surface area (Å²) in [5.74, 6) is 0.464. The summed E-state index contributed by atoms with van der Waals surface area (Å²) in [5.41, 5.74) is 2.73. The lowest BCUT2D eigenvalue weighted by Gasteiger charge is -2.16. The third-order valence-corrected chi connectivity index (χ3v) is 5.26. The van der Waals surface area contributed by atoms with E-state index in [0.717, 1.165) is 27.8 Å². The Bertz CT molecular complexity index is 940. The van der Waals surface area contributed by atoms with Gasteiger partial charge < -0.3 is 5.32 Å². The molecule has 0 aliphatic heterocycles. The second kappa shape index (κ2) is 8.31. The molecule has 4 nitrogen and oxygen atoms in total. The highest BCUT2D eigenvalue weighted by atomic mass is 79.9. The van der Waals surface area contributed by atoms with Gasteiger partial charge in [0.05, 0.1) is 17.3 Å². The number of amides is 1. The Morgan fingerprint density at radius 1 is 1.11 bits per heavy atom. The van der Waals surface area contributed by atoms with Gasteiger partial charge in [-0.2, -0.15) is 5.10 Å². The van der Waals surface area contributed by atoms with Crippen molar-refractivity contribution >= 4 is 27.7 Å². The largest absolute Gasteiger partial charge is 0.310 e. The Morgan fingerprint density at radius 3 is 2.32 bits per heavy atom. The van der Waals surface area contributed by atoms with Crippen molar-refractivity contribution in [3.8, 4) is 5.69 Å². The summed E-state index contributed by atoms with van der Waals surface area (Å²) in [5, 5.41) is 7.89. The topological polar surface area (TPSA) is 46.9 Å². The fourth-order valence-electron chi connectivity index (χ4n) is 3.09. The number of hydrogen-bond donors (Lipinski definition) is 1. The predicted molar refractivity (Wildman–Crippen MR) is 118 cm³/mol. The van der Waals surface area contributed by atoms with Crippen molar-refractivity contribution in [2.75, 3.05) is 5.32 Å². The average molecular weight is 440 g/mol. The highest BCUT2D eigenvalue weighted by Gasteiger charge is 2.24. The van der Waals surface area contributed by atoms with Crippen LogP contribution in [-0.4, -0.2) is 15.7 Å². The molecule has 2 aromatic carbocycles. The highest BCUT2D eigenvalue weighted by Crippen LogP contribution is 2.28. The molecule has 0 radical (unpaired) electrons. The van der Waals surface area contributed by atoms with Gasteiger partial charge in [0.2, 0.25) is 5.91 Å². The molecule has 1 aromatic heterocycles. The molecule has 0 saturated carbocycles. The lowest BCUT2D eigenvalue weighted by atomic mass is 9.92. The van der Waals surface area contributed by atoms with Crippen molar-refractivity contribution in [1.82, 2.24) is 9.78 Å². The van der Waals surface area contributed by atoms with Crippen LogP contribution in [0.15, 0.2) is 65.1 Å². The Balaban J connectivity index is 1.97. The van der Waals surface area contributed by atoms with E-state index in [0.29, 0.717) is 5.82 Å². The minimum Gasteiger partial charge on any atom is -0.310 e. The summed E-state index contributed by atoms with van der Waals surface area (Å²) in [6.45, 7) is 8.38. The molecule has 1 N–H and O–H groups in total. The van der Waals surface area contributed by atoms with E-state index in [-0.39, 0.29) is 17.2 Å². The molecule has 3 rings (SSSR count). The van der Waals surface area contributed by atoms with Gasteiger partial charge in [0, 0.05) is 16.0 Å². The lowest BCUT2D eigenvalue weighted by molar-refractivity contribution is -0.117. The second-order valence-electron chi connectivity index (χ2n) is 7.91. The summed E-state index contributed by atoms with van der Waals surface area (Å²) >= 11 is 3.47. The standard InChI is InChI=1S/C23H26BrN3O/c1-5-19(16-9-7-6-8-10-16)22(28)25-21-15-20(23(2,3)4)26-27(21)18-13-11-17(24)12-14-18/h6-15,19H,5H2,1-4H3,(H,25,28)/t19-/m0/s1. The number of benzene rings is 2. The molecule has 0 saturated heterocycles. The van der Waals surface area contributed by atoms with Crippen LogP contribution in [0.25, 0.3) is 5.69 Å². The summed E-state index contributed by atoms with van der Waals surface area (Å²) in [6.07, 6.45) is 0.731. The van der Waals surface area contributed by atoms with Gasteiger partial charge in [0.15, 0.2) is 0 Å². The molecule has 0 unspecified atom stereocenters. The Hall–Kier alpha value is -2.40. The average Bonchev–Trinajstić information content (AvgIpc) is 3.08. The molecular weight excluding hydrogens is 414 g/mol. The van der Waals surface area contributed by atoms with E-state index < -0.39 is 0 Å². The molecule has 5 heteroatoms. The third-order valence-electron chi connectivity index (χ3n) is 4.73. The molecule has 3 aromatic rings. The van der Waals surface area contributed by atoms with E-state index in [2.05, 4.69) is 42.0 Å². The zero-order valence-corrected chi connectivity index (χ0v) is 18.3. The summed E-state index contributed by atoms with van der Waals surface area (Å²) < 4.78 is 2.81. The second-order valence-corrected chi connectivity index (χ2v) is 8.83. The van der Waals surface area contributed by atoms with Gasteiger partial charge in [-0.1, -0.05) is 74.0 Å². The normalized spacial score (nSPS) is 12.6. The molecule has 1 heterocycles. The van der Waals surface area contributed by atoms with Crippen LogP contribution < -0.4 is 5.32 Å². The number of rotatable bonds is 5. The first kappa shape index (κ1) is 20.3. The maximum Gasteiger partial charge on any atom is 0.233 e. The van der Waals surface area contributed by atoms with Crippen molar-refractivity contribution < 1.29 is 4.79 Å². The summed E-state index contributed by atoms with van der Waals surface area (Å²) in [6, 6.07) is 19.8. The fraction of sp³-hybridized carbons (Fsp3) is 0.304. The van der Waals surface area contributed by atoms with Crippen LogP contribution >= 0.6 is 15.9 Å². The maximum atomic E-state index is 13.1. The molecule has 0 spiro atoms. The molecule has 1 atom stereocenters. The molecule has 1 amide bonds. The lowest BCUT2D eigenvalue weighted by Crippen LogP contribution is -2.22. The van der Waals surface area contributed by atoms with E-state index in [1.807, 2.05) is 72.3 Å². The van der Waals surface area contributed by atoms with Gasteiger partial charge in [-0.25, -0.2) is 4.68 Å². The quantitative estimate of drug-likeness (QED) is 0.524. The van der Waals surface area contributed by atoms with Gasteiger partial charge in [0.25, 0.3) is 0 Å². The van der Waals surface area contributed by atoms with E-state index >= 15 is 0 Å². The monoisotopic (exact) mass is 439 g/mol. The van der Waals surface area contributed by atoms with Crippen LogP contribution in [0, 0.1) is 0 Å². The number of halogens is 1. The molecule has 0 fully saturated rings. The van der Waals surface area contributed by atoms with E-state index in [1.54, 1.807) is 0 Å². The number of nitrogens with zero attached hydrogens (tertiary/aromatic N) is 2. The van der Waals surface area contributed by atoms with Gasteiger partial charge in [0.1, 0.15) is 5.82 Å². The van der Waals surface area contributed by atoms with Crippen LogP contribution in [-0.2, 0) is 10.2 Å². The van der Waals surface area contributed by atoms with Crippen molar-refractivity contribution in [2.24, 2.45) is 0 Å². The number of hydrogen-bond acceptors (Lipinski definition) is 2. The van der Waals surface area contributed by atoms with Crippen LogP contribution in [0.4, 0.5) is 5.82 Å². The number of carbonyl (C=O) groups excluding carboxylic acids is 1. The predicted octanol–water partition coefficient (Wildman–Crippen LogP) is 6.06. The van der Waals surface area contributed by atoms with Gasteiger partial charge >= 0.3 is 0 Å². The van der Waals surface area contributed by atoms with Gasteiger partial charge in [-0.05, 0) is 36.2 Å². The van der Waals surface area contributed by atoms with Crippen molar-refractivity contribution in [3.05, 3.63) is 76.4 Å². The molecule has 0 bridgehead atoms. The van der Waals surface area contributed by atoms with Crippen LogP contribution in [0.3, 0.4) is 0 Å². The smallest absolute Gasteiger partial charge is 0.233 e. The third kappa shape index (κ3) is 4.53. The number of anilines is 1. The first-order valence-electron chi connectivity index (χ1n) is 9.52. The SMILES string of the molecule is CC[C@H](C(=O)Nc1cc(C(C)(C)C)nn1-c1ccc(Br)cc1)c1ccccc1. The first-order chi connectivity index (χ1) is 13.3. The van der Waals surface area contributed by atoms with E-state index in [1.165, 1.54) is 0 Å². The van der Waals surface area contributed by atoms with Crippen molar-refractivity contribution in [3.63, 3.8) is 0 Å². The highest BCUT2D eigenvalue weighted by molar-refractivity contribution is 9.10. The summed E-state index contributed by atoms with van der Waals surface area (Å²) in [7, 11) is 0. The molecule has 0 aliphatic rings. The molecule has 28 heavy (non-hydrogen) atoms. The number of nitrogens with one attached hydrogen (secondary N) is 1. The summed E-state index contributed by atoms with van der Waals surface area (Å²) in [4.78, 5) is 13.1. The van der Waals surface area contributed by atoms with Crippen LogP contribution in [0.1, 0.15) is 51.3 Å². The van der Waals surface area contributed by atoms with Gasteiger partial charge in [-0.15, -0.1) is 0 Å². The minimum atomic E-state index is -0.201. The Kier molecular flexibility index (Phi) is 6.04. The zero-order chi connectivity index (χ0) is 20.3. The fourth-order valence-corrected chi connectivity index (χ4v) is 3.35. The van der Waals surface area contributed by atoms with Crippen LogP contribution in [0.2, 0.25) is 0 Å². The Labute approximate surface area is 175 Å². The minimum absolute atomic E-state index is 0.0209. The Morgan fingerprint density at radius 2 is 1.75 bits per heavy atom. The van der Waals surface area contributed by atoms with Crippen molar-refractivity contribution in [1.29, 1.82) is 0 Å². The molecule has 146 valence electrons. The number of aromatic nitrogens is 2. The van der Waals surface area contributed by atoms with Crippen molar-refractivity contribution in [2.45, 2.75) is 45.4 Å². The molecule has 0 aliphatic carbocycles. The van der Waals surface area contributed by atoms with E-state index in [4.69, 9.17) is 5.10 Å². The zero-order valence-electron chi connectivity index (χ0n) is 16.7. The maximum absolute atomic E-state index is 13.1. The first-order valence-corrected chi connectivity index (χ1v) is 10.3.